The molecule has 0 amide bonds. The predicted octanol–water partition coefficient (Wildman–Crippen LogP) is 2.68. The van der Waals surface area contributed by atoms with Crippen LogP contribution in [-0.2, 0) is 0 Å². The fourth-order valence-corrected chi connectivity index (χ4v) is 4.31. The van der Waals surface area contributed by atoms with Gasteiger partial charge in [0.15, 0.2) is 0 Å². The molecule has 3 aromatic rings. The van der Waals surface area contributed by atoms with Gasteiger partial charge in [-0.3, -0.25) is 4.79 Å². The molecule has 1 aliphatic heterocycles. The summed E-state index contributed by atoms with van der Waals surface area (Å²) < 4.78 is 2.27. The maximum absolute atomic E-state index is 12.4. The van der Waals surface area contributed by atoms with Gasteiger partial charge in [-0.2, -0.15) is 14.6 Å². The van der Waals surface area contributed by atoms with Gasteiger partial charge in [-0.25, -0.2) is 0 Å². The Morgan fingerprint density at radius 3 is 2.90 bits per heavy atom. The van der Waals surface area contributed by atoms with Crippen LogP contribution in [0.4, 0.5) is 5.82 Å². The van der Waals surface area contributed by atoms with Gasteiger partial charge in [0.25, 0.3) is 5.56 Å². The Kier molecular flexibility index (Phi) is 3.02. The van der Waals surface area contributed by atoms with Crippen LogP contribution in [0.5, 0.6) is 0 Å². The average molecular weight is 332 g/mol. The van der Waals surface area contributed by atoms with Crippen LogP contribution in [0.2, 0.25) is 0 Å². The van der Waals surface area contributed by atoms with Crippen molar-refractivity contribution in [3.63, 3.8) is 0 Å². The van der Waals surface area contributed by atoms with Gasteiger partial charge >= 0.3 is 0 Å². The smallest absolute Gasteiger partial charge is 0.280 e. The third kappa shape index (κ3) is 2.06. The number of benzene rings is 1. The Labute approximate surface area is 133 Å². The van der Waals surface area contributed by atoms with E-state index in [0.717, 1.165) is 5.56 Å². The first-order chi connectivity index (χ1) is 10.2. The summed E-state index contributed by atoms with van der Waals surface area (Å²) in [6.45, 7) is 0. The Morgan fingerprint density at radius 1 is 1.29 bits per heavy atom. The van der Waals surface area contributed by atoms with Crippen molar-refractivity contribution in [2.45, 2.75) is 5.25 Å². The summed E-state index contributed by atoms with van der Waals surface area (Å²) in [5.41, 5.74) is 3.06. The third-order valence-electron chi connectivity index (χ3n) is 3.21. The van der Waals surface area contributed by atoms with E-state index < -0.39 is 0 Å². The number of anilines is 1. The maximum Gasteiger partial charge on any atom is 0.280 e. The highest BCUT2D eigenvalue weighted by atomic mass is 32.2. The van der Waals surface area contributed by atoms with Crippen LogP contribution < -0.4 is 10.9 Å². The van der Waals surface area contributed by atoms with E-state index in [1.807, 2.05) is 30.3 Å². The quantitative estimate of drug-likeness (QED) is 0.692. The molecule has 1 aliphatic rings. The lowest BCUT2D eigenvalue weighted by molar-refractivity contribution is 0.910. The Balaban J connectivity index is 2.03. The molecule has 0 aliphatic carbocycles. The number of nitrogens with one attached hydrogen (secondary N) is 1. The van der Waals surface area contributed by atoms with Crippen LogP contribution in [0, 0.1) is 0 Å². The first-order valence-corrected chi connectivity index (χ1v) is 8.30. The molecule has 21 heavy (non-hydrogen) atoms. The van der Waals surface area contributed by atoms with E-state index in [2.05, 4.69) is 15.4 Å². The number of thiocarbonyl (C=S) groups is 1. The molecule has 1 atom stereocenters. The van der Waals surface area contributed by atoms with Gasteiger partial charge in [0, 0.05) is 0 Å². The summed E-state index contributed by atoms with van der Waals surface area (Å²) >= 11 is 8.10. The number of hydrogen-bond acceptors (Lipinski definition) is 6. The summed E-state index contributed by atoms with van der Waals surface area (Å²) in [5.74, 6) is 0.629. The molecule has 8 heteroatoms. The Morgan fingerprint density at radius 2 is 2.10 bits per heavy atom. The van der Waals surface area contributed by atoms with Crippen molar-refractivity contribution < 1.29 is 0 Å². The van der Waals surface area contributed by atoms with Crippen molar-refractivity contribution in [1.29, 1.82) is 0 Å². The van der Waals surface area contributed by atoms with Gasteiger partial charge in [0.05, 0.1) is 10.8 Å². The van der Waals surface area contributed by atoms with Crippen molar-refractivity contribution in [3.05, 3.63) is 57.3 Å². The van der Waals surface area contributed by atoms with Crippen LogP contribution in [0.25, 0.3) is 4.96 Å². The number of aromatic nitrogens is 3. The molecular weight excluding hydrogens is 324 g/mol. The highest BCUT2D eigenvalue weighted by molar-refractivity contribution is 8.23. The lowest BCUT2D eigenvalue weighted by Gasteiger charge is -2.25. The summed E-state index contributed by atoms with van der Waals surface area (Å²) in [6, 6.07) is 9.83. The van der Waals surface area contributed by atoms with Gasteiger partial charge in [-0.15, -0.1) is 0 Å². The van der Waals surface area contributed by atoms with E-state index in [4.69, 9.17) is 12.2 Å². The average Bonchev–Trinajstić information content (AvgIpc) is 2.95. The molecule has 104 valence electrons. The van der Waals surface area contributed by atoms with Gasteiger partial charge in [0.2, 0.25) is 4.96 Å². The van der Waals surface area contributed by atoms with E-state index in [9.17, 15) is 4.79 Å². The van der Waals surface area contributed by atoms with E-state index >= 15 is 0 Å². The van der Waals surface area contributed by atoms with Crippen molar-refractivity contribution in [2.75, 3.05) is 5.32 Å². The molecule has 1 N–H and O–H groups in total. The normalized spacial score (nSPS) is 17.5. The highest BCUT2D eigenvalue weighted by Gasteiger charge is 2.31. The second-order valence-corrected chi connectivity index (χ2v) is 7.03. The van der Waals surface area contributed by atoms with Crippen LogP contribution >= 0.6 is 35.3 Å². The summed E-state index contributed by atoms with van der Waals surface area (Å²) in [4.78, 5) is 17.1. The van der Waals surface area contributed by atoms with Gasteiger partial charge in [-0.05, 0) is 5.56 Å². The monoisotopic (exact) mass is 332 g/mol. The number of fused-ring (bicyclic) bond motifs is 3. The minimum atomic E-state index is -0.231. The largest absolute Gasteiger partial charge is 0.325 e. The predicted molar refractivity (Wildman–Crippen MR) is 89.2 cm³/mol. The zero-order valence-electron chi connectivity index (χ0n) is 10.5. The molecule has 4 rings (SSSR count). The minimum Gasteiger partial charge on any atom is -0.325 e. The van der Waals surface area contributed by atoms with E-state index in [1.54, 1.807) is 10.0 Å². The van der Waals surface area contributed by atoms with Crippen molar-refractivity contribution in [3.8, 4) is 0 Å². The van der Waals surface area contributed by atoms with Crippen LogP contribution in [0.1, 0.15) is 16.4 Å². The number of hydrogen-bond donors (Lipinski definition) is 1. The molecule has 5 nitrogen and oxygen atoms in total. The van der Waals surface area contributed by atoms with Gasteiger partial charge in [0.1, 0.15) is 15.6 Å². The molecule has 0 saturated heterocycles. The highest BCUT2D eigenvalue weighted by Crippen LogP contribution is 2.42. The molecule has 0 bridgehead atoms. The lowest BCUT2D eigenvalue weighted by Crippen LogP contribution is -2.28. The molecule has 0 radical (unpaired) electrons. The summed E-state index contributed by atoms with van der Waals surface area (Å²) in [7, 11) is 0. The topological polar surface area (TPSA) is 59.3 Å². The number of thioether (sulfide) groups is 1. The Bertz CT molecular complexity index is 903. The number of nitrogens with zero attached hydrogens (tertiary/aromatic N) is 3. The van der Waals surface area contributed by atoms with Crippen LogP contribution in [0.3, 0.4) is 0 Å². The summed E-state index contributed by atoms with van der Waals surface area (Å²) in [6.07, 6.45) is 0. The standard InChI is InChI=1S/C13H8N4OS3/c18-11-8-9(7-4-2-1-3-5-7)21-13(19)15-10(8)17-12(16-11)20-6-14-17/h1-6,9H,(H,15,19). The molecule has 1 unspecified atom stereocenters. The van der Waals surface area contributed by atoms with Crippen molar-refractivity contribution in [2.24, 2.45) is 0 Å². The molecule has 2 aromatic heterocycles. The minimum absolute atomic E-state index is 0.159. The van der Waals surface area contributed by atoms with E-state index in [1.165, 1.54) is 23.1 Å². The maximum atomic E-state index is 12.4. The molecule has 1 aromatic carbocycles. The molecule has 3 heterocycles. The summed E-state index contributed by atoms with van der Waals surface area (Å²) in [5, 5.41) is 7.17. The molecular formula is C13H8N4OS3. The molecule has 0 spiro atoms. The first kappa shape index (κ1) is 12.9. The molecule has 0 saturated carbocycles. The van der Waals surface area contributed by atoms with Gasteiger partial charge < -0.3 is 5.32 Å². The van der Waals surface area contributed by atoms with E-state index in [0.29, 0.717) is 20.7 Å². The fourth-order valence-electron chi connectivity index (χ4n) is 2.32. The first-order valence-electron chi connectivity index (χ1n) is 6.13. The fraction of sp³-hybridized carbons (Fsp3) is 0.0769. The number of rotatable bonds is 1. The van der Waals surface area contributed by atoms with E-state index in [-0.39, 0.29) is 10.8 Å². The zero-order chi connectivity index (χ0) is 14.4. The van der Waals surface area contributed by atoms with Gasteiger partial charge in [-0.1, -0.05) is 65.6 Å². The van der Waals surface area contributed by atoms with Crippen LogP contribution in [0.15, 0.2) is 40.6 Å². The van der Waals surface area contributed by atoms with Crippen molar-refractivity contribution in [1.82, 2.24) is 14.6 Å². The molecule has 0 fully saturated rings. The Hall–Kier alpha value is -1.77. The third-order valence-corrected chi connectivity index (χ3v) is 5.33. The second kappa shape index (κ2) is 4.90. The zero-order valence-corrected chi connectivity index (χ0v) is 13.0. The van der Waals surface area contributed by atoms with Crippen LogP contribution in [-0.4, -0.2) is 18.9 Å². The second-order valence-electron chi connectivity index (χ2n) is 4.43. The van der Waals surface area contributed by atoms with Crippen molar-refractivity contribution >= 4 is 50.4 Å². The lowest BCUT2D eigenvalue weighted by atomic mass is 10.1. The SMILES string of the molecule is O=c1nc2scnn2c2c1C(c1ccccc1)SC(=S)N2.